The summed E-state index contributed by atoms with van der Waals surface area (Å²) in [6.07, 6.45) is 6.76. The van der Waals surface area contributed by atoms with Crippen molar-refractivity contribution in [2.75, 3.05) is 0 Å². The lowest BCUT2D eigenvalue weighted by Crippen LogP contribution is -2.31. The minimum atomic E-state index is -0.833. The fourth-order valence-electron chi connectivity index (χ4n) is 4.61. The first-order valence-electron chi connectivity index (χ1n) is 10.4. The topological polar surface area (TPSA) is 63.1 Å². The standard InChI is InChI=1S/C25H19FN2.C2H4O2/c26-24-15-19(11-14-28-24)17-25(16-18-9-12-27-13-10-18)22-7-3-1-5-20(22)21-6-2-4-8-23(21)25;1-2(3)4/h1-15H,16-17H2;1H3,(H,3,4). The van der Waals surface area contributed by atoms with Crippen molar-refractivity contribution in [3.8, 4) is 11.1 Å². The van der Waals surface area contributed by atoms with Gasteiger partial charge >= 0.3 is 0 Å². The third kappa shape index (κ3) is 4.28. The molecule has 2 aromatic carbocycles. The summed E-state index contributed by atoms with van der Waals surface area (Å²) in [6, 6.07) is 24.8. The largest absolute Gasteiger partial charge is 0.481 e. The summed E-state index contributed by atoms with van der Waals surface area (Å²) in [5.41, 5.74) is 7.03. The average molecular weight is 426 g/mol. The number of carboxylic acids is 1. The lowest BCUT2D eigenvalue weighted by atomic mass is 9.70. The maximum Gasteiger partial charge on any atom is 0.300 e. The van der Waals surface area contributed by atoms with E-state index in [9.17, 15) is 4.39 Å². The van der Waals surface area contributed by atoms with E-state index in [1.807, 2.05) is 18.5 Å². The van der Waals surface area contributed by atoms with E-state index < -0.39 is 11.9 Å². The van der Waals surface area contributed by atoms with Gasteiger partial charge in [0.2, 0.25) is 5.95 Å². The molecule has 5 rings (SSSR count). The predicted molar refractivity (Wildman–Crippen MR) is 122 cm³/mol. The number of aromatic nitrogens is 2. The summed E-state index contributed by atoms with van der Waals surface area (Å²) >= 11 is 0. The van der Waals surface area contributed by atoms with E-state index in [0.29, 0.717) is 6.42 Å². The Morgan fingerprint density at radius 2 is 1.34 bits per heavy atom. The molecular formula is C27H23FN2O2. The van der Waals surface area contributed by atoms with Gasteiger partial charge in [-0.05, 0) is 70.5 Å². The third-order valence-electron chi connectivity index (χ3n) is 5.73. The van der Waals surface area contributed by atoms with Crippen LogP contribution in [-0.4, -0.2) is 21.0 Å². The Morgan fingerprint density at radius 1 is 0.844 bits per heavy atom. The fourth-order valence-corrected chi connectivity index (χ4v) is 4.61. The number of rotatable bonds is 4. The lowest BCUT2D eigenvalue weighted by molar-refractivity contribution is -0.134. The Labute approximate surface area is 186 Å². The highest BCUT2D eigenvalue weighted by atomic mass is 19.1. The number of aliphatic carboxylic acids is 1. The summed E-state index contributed by atoms with van der Waals surface area (Å²) in [4.78, 5) is 16.9. The van der Waals surface area contributed by atoms with Crippen molar-refractivity contribution in [2.45, 2.75) is 25.2 Å². The van der Waals surface area contributed by atoms with Crippen LogP contribution in [0.5, 0.6) is 0 Å². The van der Waals surface area contributed by atoms with Crippen LogP contribution in [0.15, 0.2) is 91.4 Å². The fraction of sp³-hybridized carbons (Fsp3) is 0.148. The van der Waals surface area contributed by atoms with Crippen LogP contribution >= 0.6 is 0 Å². The molecule has 1 aliphatic carbocycles. The molecule has 2 heterocycles. The SMILES string of the molecule is CC(=O)O.Fc1cc(CC2(Cc3ccncc3)c3ccccc3-c3ccccc32)ccn1. The second-order valence-corrected chi connectivity index (χ2v) is 7.89. The van der Waals surface area contributed by atoms with Gasteiger partial charge in [-0.1, -0.05) is 48.5 Å². The molecule has 0 saturated carbocycles. The number of hydrogen-bond donors (Lipinski definition) is 1. The van der Waals surface area contributed by atoms with Crippen molar-refractivity contribution in [1.29, 1.82) is 0 Å². The molecule has 2 aromatic heterocycles. The van der Waals surface area contributed by atoms with Gasteiger partial charge < -0.3 is 5.11 Å². The number of carbonyl (C=O) groups is 1. The highest BCUT2D eigenvalue weighted by molar-refractivity contribution is 5.81. The Hall–Kier alpha value is -3.86. The van der Waals surface area contributed by atoms with Gasteiger partial charge in [-0.3, -0.25) is 9.78 Å². The average Bonchev–Trinajstić information content (AvgIpc) is 3.04. The molecular weight excluding hydrogens is 403 g/mol. The molecule has 4 aromatic rings. The summed E-state index contributed by atoms with van der Waals surface area (Å²) in [6.45, 7) is 1.08. The maximum absolute atomic E-state index is 13.9. The van der Waals surface area contributed by atoms with Gasteiger partial charge in [0.15, 0.2) is 0 Å². The van der Waals surface area contributed by atoms with Gasteiger partial charge in [-0.2, -0.15) is 4.39 Å². The molecule has 0 radical (unpaired) electrons. The van der Waals surface area contributed by atoms with Gasteiger partial charge in [0, 0.05) is 30.9 Å². The van der Waals surface area contributed by atoms with E-state index >= 15 is 0 Å². The molecule has 4 nitrogen and oxygen atoms in total. The van der Waals surface area contributed by atoms with E-state index in [1.165, 1.54) is 27.8 Å². The minimum Gasteiger partial charge on any atom is -0.481 e. The van der Waals surface area contributed by atoms with Gasteiger partial charge in [-0.25, -0.2) is 4.98 Å². The molecule has 0 spiro atoms. The quantitative estimate of drug-likeness (QED) is 0.440. The monoisotopic (exact) mass is 426 g/mol. The zero-order valence-corrected chi connectivity index (χ0v) is 17.7. The lowest BCUT2D eigenvalue weighted by Gasteiger charge is -2.33. The summed E-state index contributed by atoms with van der Waals surface area (Å²) in [5.74, 6) is -1.27. The first-order valence-corrected chi connectivity index (χ1v) is 10.4. The molecule has 0 amide bonds. The number of benzene rings is 2. The molecule has 1 N–H and O–H groups in total. The minimum absolute atomic E-state index is 0.262. The zero-order chi connectivity index (χ0) is 22.6. The molecule has 0 fully saturated rings. The van der Waals surface area contributed by atoms with E-state index in [1.54, 1.807) is 12.3 Å². The van der Waals surface area contributed by atoms with Crippen LogP contribution in [0.1, 0.15) is 29.2 Å². The second-order valence-electron chi connectivity index (χ2n) is 7.89. The van der Waals surface area contributed by atoms with Gasteiger partial charge in [0.05, 0.1) is 0 Å². The van der Waals surface area contributed by atoms with Crippen molar-refractivity contribution in [1.82, 2.24) is 9.97 Å². The Balaban J connectivity index is 0.000000567. The van der Waals surface area contributed by atoms with E-state index in [-0.39, 0.29) is 5.41 Å². The van der Waals surface area contributed by atoms with Crippen molar-refractivity contribution in [2.24, 2.45) is 0 Å². The van der Waals surface area contributed by atoms with E-state index in [4.69, 9.17) is 9.90 Å². The van der Waals surface area contributed by atoms with Crippen molar-refractivity contribution < 1.29 is 14.3 Å². The molecule has 0 saturated heterocycles. The maximum atomic E-state index is 13.9. The van der Waals surface area contributed by atoms with Gasteiger partial charge in [0.25, 0.3) is 5.97 Å². The third-order valence-corrected chi connectivity index (χ3v) is 5.73. The molecule has 5 heteroatoms. The molecule has 0 atom stereocenters. The molecule has 0 bridgehead atoms. The summed E-state index contributed by atoms with van der Waals surface area (Å²) in [7, 11) is 0. The summed E-state index contributed by atoms with van der Waals surface area (Å²) < 4.78 is 13.9. The Morgan fingerprint density at radius 3 is 1.91 bits per heavy atom. The first kappa shape index (κ1) is 21.4. The van der Waals surface area contributed by atoms with Crippen LogP contribution in [0.4, 0.5) is 4.39 Å². The predicted octanol–water partition coefficient (Wildman–Crippen LogP) is 5.46. The van der Waals surface area contributed by atoms with Crippen LogP contribution in [0, 0.1) is 5.95 Å². The zero-order valence-electron chi connectivity index (χ0n) is 17.7. The number of hydrogen-bond acceptors (Lipinski definition) is 3. The van der Waals surface area contributed by atoms with Crippen LogP contribution in [-0.2, 0) is 23.1 Å². The number of nitrogens with zero attached hydrogens (tertiary/aromatic N) is 2. The van der Waals surface area contributed by atoms with Crippen LogP contribution in [0.3, 0.4) is 0 Å². The molecule has 1 aliphatic rings. The Kier molecular flexibility index (Phi) is 6.08. The number of halogens is 1. The number of carboxylic acid groups (broad SMARTS) is 1. The molecule has 32 heavy (non-hydrogen) atoms. The highest BCUT2D eigenvalue weighted by Crippen LogP contribution is 2.52. The molecule has 160 valence electrons. The Bertz CT molecular complexity index is 1190. The normalized spacial score (nSPS) is 12.8. The van der Waals surface area contributed by atoms with Crippen molar-refractivity contribution in [3.63, 3.8) is 0 Å². The number of fused-ring (bicyclic) bond motifs is 3. The van der Waals surface area contributed by atoms with E-state index in [2.05, 4.69) is 70.6 Å². The smallest absolute Gasteiger partial charge is 0.300 e. The van der Waals surface area contributed by atoms with Crippen LogP contribution in [0.25, 0.3) is 11.1 Å². The molecule has 0 aliphatic heterocycles. The van der Waals surface area contributed by atoms with Crippen molar-refractivity contribution in [3.05, 3.63) is 120 Å². The highest BCUT2D eigenvalue weighted by Gasteiger charge is 2.43. The van der Waals surface area contributed by atoms with Crippen LogP contribution in [0.2, 0.25) is 0 Å². The van der Waals surface area contributed by atoms with E-state index in [0.717, 1.165) is 18.9 Å². The summed E-state index contributed by atoms with van der Waals surface area (Å²) in [5, 5.41) is 7.42. The van der Waals surface area contributed by atoms with Gasteiger partial charge in [-0.15, -0.1) is 0 Å². The van der Waals surface area contributed by atoms with Crippen LogP contribution < -0.4 is 0 Å². The number of pyridine rings is 2. The van der Waals surface area contributed by atoms with Gasteiger partial charge in [0.1, 0.15) is 0 Å². The van der Waals surface area contributed by atoms with Crippen molar-refractivity contribution >= 4 is 5.97 Å². The molecule has 0 unspecified atom stereocenters. The first-order chi connectivity index (χ1) is 15.5. The second kappa shape index (κ2) is 9.10.